The molecule has 2 saturated heterocycles. The average molecular weight is 461 g/mol. The fraction of sp³-hybridized carbons (Fsp3) is 0.385. The highest BCUT2D eigenvalue weighted by atomic mass is 32.1. The van der Waals surface area contributed by atoms with E-state index in [-0.39, 0.29) is 0 Å². The van der Waals surface area contributed by atoms with Crippen molar-refractivity contribution in [2.75, 3.05) is 26.4 Å². The average Bonchev–Trinajstić information content (AvgIpc) is 3.63. The Morgan fingerprint density at radius 3 is 2.73 bits per heavy atom. The lowest BCUT2D eigenvalue weighted by Gasteiger charge is -2.14. The van der Waals surface area contributed by atoms with Crippen LogP contribution >= 0.6 is 11.3 Å². The number of hydrogen-bond acceptors (Lipinski definition) is 7. The van der Waals surface area contributed by atoms with Crippen LogP contribution in [0.2, 0.25) is 0 Å². The van der Waals surface area contributed by atoms with Crippen LogP contribution in [0.25, 0.3) is 32.3 Å². The van der Waals surface area contributed by atoms with Crippen molar-refractivity contribution in [3.8, 4) is 0 Å². The molecule has 0 spiro atoms. The molecule has 3 aliphatic heterocycles. The summed E-state index contributed by atoms with van der Waals surface area (Å²) in [6, 6.07) is 14.5. The molecule has 6 rings (SSSR count). The van der Waals surface area contributed by atoms with Gasteiger partial charge in [0, 0.05) is 22.5 Å². The first kappa shape index (κ1) is 21.0. The first-order valence-corrected chi connectivity index (χ1v) is 12.9. The van der Waals surface area contributed by atoms with Crippen molar-refractivity contribution in [2.24, 2.45) is 5.73 Å². The highest BCUT2D eigenvalue weighted by Gasteiger charge is 2.26. The third kappa shape index (κ3) is 3.99. The molecule has 3 aromatic rings. The van der Waals surface area contributed by atoms with Gasteiger partial charge in [0.2, 0.25) is 0 Å². The van der Waals surface area contributed by atoms with Gasteiger partial charge in [-0.2, -0.15) is 0 Å². The molecule has 2 fully saturated rings. The predicted octanol–water partition coefficient (Wildman–Crippen LogP) is 3.22. The molecule has 0 radical (unpaired) electrons. The van der Waals surface area contributed by atoms with Crippen molar-refractivity contribution in [3.05, 3.63) is 58.6 Å². The number of thiophene rings is 1. The minimum Gasteiger partial charge on any atom is -0.372 e. The summed E-state index contributed by atoms with van der Waals surface area (Å²) in [5.41, 5.74) is 10.8. The second-order valence-electron chi connectivity index (χ2n) is 9.16. The maximum atomic E-state index is 5.86. The van der Waals surface area contributed by atoms with Gasteiger partial charge in [-0.25, -0.2) is 0 Å². The summed E-state index contributed by atoms with van der Waals surface area (Å²) in [5.74, 6) is 0. The maximum absolute atomic E-state index is 5.86. The Kier molecular flexibility index (Phi) is 5.72. The van der Waals surface area contributed by atoms with Gasteiger partial charge >= 0.3 is 0 Å². The lowest BCUT2D eigenvalue weighted by molar-refractivity contribution is 0.642. The minimum absolute atomic E-state index is 0.418. The molecule has 0 bridgehead atoms. The first-order valence-electron chi connectivity index (χ1n) is 12.1. The number of rotatable bonds is 6. The summed E-state index contributed by atoms with van der Waals surface area (Å²) < 4.78 is 1.35. The van der Waals surface area contributed by atoms with Crippen molar-refractivity contribution >= 4 is 43.6 Å². The molecule has 0 unspecified atom stereocenters. The largest absolute Gasteiger partial charge is 0.372 e. The summed E-state index contributed by atoms with van der Waals surface area (Å²) in [6.45, 7) is 3.43. The summed E-state index contributed by atoms with van der Waals surface area (Å²) in [4.78, 5) is 1.31. The van der Waals surface area contributed by atoms with Crippen LogP contribution in [0.15, 0.2) is 48.2 Å². The summed E-state index contributed by atoms with van der Waals surface area (Å²) in [6.07, 6.45) is 7.15. The van der Waals surface area contributed by atoms with E-state index in [9.17, 15) is 0 Å². The van der Waals surface area contributed by atoms with Crippen LogP contribution in [-0.4, -0.2) is 38.5 Å². The number of benzene rings is 2. The zero-order chi connectivity index (χ0) is 22.2. The monoisotopic (exact) mass is 460 g/mol. The van der Waals surface area contributed by atoms with Crippen molar-refractivity contribution in [3.63, 3.8) is 0 Å². The lowest BCUT2D eigenvalue weighted by atomic mass is 10.0. The molecule has 3 aliphatic rings. The molecule has 172 valence electrons. The molecule has 0 saturated carbocycles. The SMILES string of the molecule is NCN/C(=C\[C@@H]1CCCN1)c1ccc2c(ccc3cc(C4=C([C@@H]5CCCN5)NCN4)sc32)c1. The van der Waals surface area contributed by atoms with Crippen LogP contribution in [0.5, 0.6) is 0 Å². The fourth-order valence-electron chi connectivity index (χ4n) is 5.40. The first-order chi connectivity index (χ1) is 16.3. The van der Waals surface area contributed by atoms with Gasteiger partial charge < -0.3 is 32.3 Å². The van der Waals surface area contributed by atoms with Gasteiger partial charge in [-0.15, -0.1) is 11.3 Å². The van der Waals surface area contributed by atoms with E-state index >= 15 is 0 Å². The fourth-order valence-corrected chi connectivity index (χ4v) is 6.63. The van der Waals surface area contributed by atoms with Gasteiger partial charge in [-0.1, -0.05) is 24.3 Å². The quantitative estimate of drug-likeness (QED) is 0.317. The maximum Gasteiger partial charge on any atom is 0.0849 e. The van der Waals surface area contributed by atoms with Gasteiger partial charge in [0.15, 0.2) is 0 Å². The van der Waals surface area contributed by atoms with E-state index in [0.29, 0.717) is 18.8 Å². The standard InChI is InChI=1S/C26H32N6S/c27-14-30-22(13-19-3-1-9-28-19)17-7-8-20-16(11-17)5-6-18-12-23(33-26(18)20)25-24(31-15-32-25)21-4-2-10-29-21/h5-8,11-13,19,21,28-32H,1-4,9-10,14-15,27H2/b22-13-/t19-,21-/m0/s1. The third-order valence-corrected chi connectivity index (χ3v) is 8.24. The molecule has 7 N–H and O–H groups in total. The molecule has 4 heterocycles. The van der Waals surface area contributed by atoms with Gasteiger partial charge in [0.05, 0.1) is 29.6 Å². The highest BCUT2D eigenvalue weighted by molar-refractivity contribution is 7.21. The number of fused-ring (bicyclic) bond motifs is 3. The Morgan fingerprint density at radius 1 is 1.03 bits per heavy atom. The summed E-state index contributed by atoms with van der Waals surface area (Å²) in [5, 5.41) is 21.6. The molecule has 2 aromatic carbocycles. The zero-order valence-electron chi connectivity index (χ0n) is 18.8. The smallest absolute Gasteiger partial charge is 0.0849 e. The molecule has 6 nitrogen and oxygen atoms in total. The molecule has 0 aliphatic carbocycles. The molecule has 0 amide bonds. The van der Waals surface area contributed by atoms with E-state index in [1.54, 1.807) is 0 Å². The van der Waals surface area contributed by atoms with Crippen molar-refractivity contribution < 1.29 is 0 Å². The summed E-state index contributed by atoms with van der Waals surface area (Å²) >= 11 is 1.89. The van der Waals surface area contributed by atoms with Gasteiger partial charge in [0.1, 0.15) is 0 Å². The lowest BCUT2D eigenvalue weighted by Crippen LogP contribution is -2.29. The van der Waals surface area contributed by atoms with E-state index in [1.165, 1.54) is 68.4 Å². The Bertz CT molecular complexity index is 1230. The second kappa shape index (κ2) is 8.99. The highest BCUT2D eigenvalue weighted by Crippen LogP contribution is 2.37. The van der Waals surface area contributed by atoms with Crippen LogP contribution in [0.1, 0.15) is 36.1 Å². The van der Waals surface area contributed by atoms with Gasteiger partial charge in [0.25, 0.3) is 0 Å². The van der Waals surface area contributed by atoms with Crippen LogP contribution in [0, 0.1) is 0 Å². The van der Waals surface area contributed by atoms with Crippen LogP contribution in [0.3, 0.4) is 0 Å². The van der Waals surface area contributed by atoms with E-state index in [2.05, 4.69) is 69.1 Å². The topological polar surface area (TPSA) is 86.2 Å². The Hall–Kier alpha value is -2.58. The molecule has 1 aromatic heterocycles. The molecule has 2 atom stereocenters. The van der Waals surface area contributed by atoms with E-state index in [4.69, 9.17) is 5.73 Å². The Balaban J connectivity index is 1.38. The van der Waals surface area contributed by atoms with Crippen LogP contribution in [0.4, 0.5) is 0 Å². The Morgan fingerprint density at radius 2 is 1.91 bits per heavy atom. The van der Waals surface area contributed by atoms with Crippen LogP contribution < -0.4 is 32.3 Å². The van der Waals surface area contributed by atoms with Crippen LogP contribution in [-0.2, 0) is 0 Å². The molecule has 33 heavy (non-hydrogen) atoms. The zero-order valence-corrected chi connectivity index (χ0v) is 19.7. The van der Waals surface area contributed by atoms with E-state index in [0.717, 1.165) is 25.5 Å². The third-order valence-electron chi connectivity index (χ3n) is 7.04. The predicted molar refractivity (Wildman–Crippen MR) is 140 cm³/mol. The van der Waals surface area contributed by atoms with Crippen molar-refractivity contribution in [1.82, 2.24) is 26.6 Å². The minimum atomic E-state index is 0.418. The van der Waals surface area contributed by atoms with E-state index in [1.807, 2.05) is 11.3 Å². The van der Waals surface area contributed by atoms with Gasteiger partial charge in [-0.05, 0) is 78.7 Å². The number of hydrogen-bond donors (Lipinski definition) is 6. The Labute approximate surface area is 198 Å². The van der Waals surface area contributed by atoms with Gasteiger partial charge in [-0.3, -0.25) is 0 Å². The normalized spacial score (nSPS) is 23.5. The van der Waals surface area contributed by atoms with Crippen molar-refractivity contribution in [1.29, 1.82) is 0 Å². The number of nitrogens with two attached hydrogens (primary N) is 1. The summed E-state index contributed by atoms with van der Waals surface area (Å²) in [7, 11) is 0. The molecule has 7 heteroatoms. The van der Waals surface area contributed by atoms with Crippen molar-refractivity contribution in [2.45, 2.75) is 37.8 Å². The van der Waals surface area contributed by atoms with E-state index < -0.39 is 0 Å². The molecular weight excluding hydrogens is 428 g/mol. The number of nitrogens with one attached hydrogen (secondary N) is 5. The second-order valence-corrected chi connectivity index (χ2v) is 10.2. The molecular formula is C26H32N6S.